The van der Waals surface area contributed by atoms with Crippen molar-refractivity contribution in [1.29, 1.82) is 10.5 Å². The van der Waals surface area contributed by atoms with E-state index in [1.54, 1.807) is 0 Å². The van der Waals surface area contributed by atoms with Crippen LogP contribution in [0.5, 0.6) is 0 Å². The molecule has 26 heavy (non-hydrogen) atoms. The van der Waals surface area contributed by atoms with E-state index < -0.39 is 4.92 Å². The number of nitrogens with zero attached hydrogens (tertiary/aromatic N) is 6. The van der Waals surface area contributed by atoms with Gasteiger partial charge in [0.15, 0.2) is 0 Å². The number of nitriles is 2. The molecule has 1 aromatic carbocycles. The summed E-state index contributed by atoms with van der Waals surface area (Å²) in [5.74, 6) is 0.294. The third kappa shape index (κ3) is 4.22. The average Bonchev–Trinajstić information content (AvgIpc) is 2.61. The van der Waals surface area contributed by atoms with Crippen LogP contribution in [0.2, 0.25) is 0 Å². The van der Waals surface area contributed by atoms with E-state index in [0.717, 1.165) is 11.9 Å². The zero-order valence-electron chi connectivity index (χ0n) is 14.4. The lowest BCUT2D eigenvalue weighted by Gasteiger charge is -2.17. The first kappa shape index (κ1) is 18.6. The SMILES string of the molecule is CC(C)c1ccc(Nc2ncnc(N(CC#N)CC#N)c2[N+](=O)[O-])cc1. The first-order valence-electron chi connectivity index (χ1n) is 7.83. The van der Waals surface area contributed by atoms with Crippen molar-refractivity contribution >= 4 is 23.0 Å². The van der Waals surface area contributed by atoms with Crippen LogP contribution in [0.3, 0.4) is 0 Å². The van der Waals surface area contributed by atoms with Crippen LogP contribution < -0.4 is 10.2 Å². The molecule has 0 saturated heterocycles. The molecule has 0 amide bonds. The predicted octanol–water partition coefficient (Wildman–Crippen LogP) is 3.11. The van der Waals surface area contributed by atoms with E-state index in [-0.39, 0.29) is 30.4 Å². The van der Waals surface area contributed by atoms with Gasteiger partial charge in [-0.3, -0.25) is 10.1 Å². The monoisotopic (exact) mass is 351 g/mol. The van der Waals surface area contributed by atoms with Gasteiger partial charge in [-0.1, -0.05) is 26.0 Å². The molecule has 0 aliphatic rings. The Balaban J connectivity index is 2.42. The Morgan fingerprint density at radius 2 is 1.81 bits per heavy atom. The summed E-state index contributed by atoms with van der Waals surface area (Å²) < 4.78 is 0. The Morgan fingerprint density at radius 3 is 2.31 bits per heavy atom. The molecule has 1 aromatic heterocycles. The summed E-state index contributed by atoms with van der Waals surface area (Å²) in [6.07, 6.45) is 1.16. The van der Waals surface area contributed by atoms with Crippen molar-refractivity contribution < 1.29 is 4.92 Å². The molecule has 132 valence electrons. The van der Waals surface area contributed by atoms with Gasteiger partial charge in [0, 0.05) is 5.69 Å². The van der Waals surface area contributed by atoms with Gasteiger partial charge in [0.1, 0.15) is 19.4 Å². The molecule has 0 aliphatic heterocycles. The number of anilines is 3. The normalized spacial score (nSPS) is 10.0. The molecule has 0 aliphatic carbocycles. The molecule has 1 N–H and O–H groups in total. The summed E-state index contributed by atoms with van der Waals surface area (Å²) in [6.45, 7) is 3.74. The van der Waals surface area contributed by atoms with Gasteiger partial charge in [-0.05, 0) is 23.6 Å². The molecule has 0 radical (unpaired) electrons. The molecular weight excluding hydrogens is 334 g/mol. The van der Waals surface area contributed by atoms with Crippen molar-refractivity contribution in [3.63, 3.8) is 0 Å². The second-order valence-electron chi connectivity index (χ2n) is 5.73. The maximum absolute atomic E-state index is 11.6. The molecule has 2 rings (SSSR count). The summed E-state index contributed by atoms with van der Waals surface area (Å²) in [7, 11) is 0. The third-order valence-electron chi connectivity index (χ3n) is 3.65. The van der Waals surface area contributed by atoms with Crippen LogP contribution in [0, 0.1) is 32.8 Å². The van der Waals surface area contributed by atoms with Gasteiger partial charge in [0.25, 0.3) is 0 Å². The maximum Gasteiger partial charge on any atom is 0.353 e. The summed E-state index contributed by atoms with van der Waals surface area (Å²) in [6, 6.07) is 11.2. The molecule has 9 heteroatoms. The van der Waals surface area contributed by atoms with E-state index in [1.807, 2.05) is 36.4 Å². The Kier molecular flexibility index (Phi) is 6.01. The van der Waals surface area contributed by atoms with Gasteiger partial charge in [0.2, 0.25) is 11.6 Å². The number of nitrogens with one attached hydrogen (secondary N) is 1. The number of rotatable bonds is 7. The highest BCUT2D eigenvalue weighted by atomic mass is 16.6. The summed E-state index contributed by atoms with van der Waals surface area (Å²) in [5, 5.41) is 32.3. The Hall–Kier alpha value is -3.72. The van der Waals surface area contributed by atoms with Crippen LogP contribution in [0.25, 0.3) is 0 Å². The summed E-state index contributed by atoms with van der Waals surface area (Å²) in [5.41, 5.74) is 1.39. The van der Waals surface area contributed by atoms with Crippen LogP contribution in [-0.4, -0.2) is 28.0 Å². The Bertz CT molecular complexity index is 850. The van der Waals surface area contributed by atoms with Crippen LogP contribution in [0.15, 0.2) is 30.6 Å². The van der Waals surface area contributed by atoms with Gasteiger partial charge < -0.3 is 10.2 Å². The Labute approximate surface area is 150 Å². The smallest absolute Gasteiger partial charge is 0.334 e. The van der Waals surface area contributed by atoms with E-state index in [4.69, 9.17) is 10.5 Å². The lowest BCUT2D eigenvalue weighted by Crippen LogP contribution is -2.26. The molecule has 2 aromatic rings. The average molecular weight is 351 g/mol. The van der Waals surface area contributed by atoms with Gasteiger partial charge >= 0.3 is 5.69 Å². The molecular formula is C17H17N7O2. The van der Waals surface area contributed by atoms with Gasteiger partial charge in [-0.25, -0.2) is 9.97 Å². The van der Waals surface area contributed by atoms with Crippen molar-refractivity contribution in [2.75, 3.05) is 23.3 Å². The first-order valence-corrected chi connectivity index (χ1v) is 7.83. The molecule has 1 heterocycles. The lowest BCUT2D eigenvalue weighted by atomic mass is 10.0. The number of aromatic nitrogens is 2. The number of benzene rings is 1. The van der Waals surface area contributed by atoms with Crippen molar-refractivity contribution in [2.45, 2.75) is 19.8 Å². The number of hydrogen-bond donors (Lipinski definition) is 1. The van der Waals surface area contributed by atoms with E-state index in [2.05, 4.69) is 29.1 Å². The summed E-state index contributed by atoms with van der Waals surface area (Å²) in [4.78, 5) is 20.1. The van der Waals surface area contributed by atoms with E-state index in [0.29, 0.717) is 11.6 Å². The maximum atomic E-state index is 11.6. The highest BCUT2D eigenvalue weighted by Crippen LogP contribution is 2.33. The minimum Gasteiger partial charge on any atom is -0.334 e. The van der Waals surface area contributed by atoms with E-state index in [1.165, 1.54) is 4.90 Å². The lowest BCUT2D eigenvalue weighted by molar-refractivity contribution is -0.383. The molecule has 0 spiro atoms. The quantitative estimate of drug-likeness (QED) is 0.457. The van der Waals surface area contributed by atoms with Crippen LogP contribution in [0.4, 0.5) is 23.0 Å². The standard InChI is InChI=1S/C17H17N7O2/c1-12(2)13-3-5-14(6-4-13)22-16-15(24(25)26)17(21-11-20-16)23(9-7-18)10-8-19/h3-6,11-12H,9-10H2,1-2H3,(H,20,21,22). The van der Waals surface area contributed by atoms with Crippen molar-refractivity contribution in [3.05, 3.63) is 46.3 Å². The molecule has 0 atom stereocenters. The number of hydrogen-bond acceptors (Lipinski definition) is 8. The zero-order valence-corrected chi connectivity index (χ0v) is 14.4. The molecule has 0 fully saturated rings. The fourth-order valence-corrected chi connectivity index (χ4v) is 2.32. The van der Waals surface area contributed by atoms with Crippen molar-refractivity contribution in [1.82, 2.24) is 9.97 Å². The van der Waals surface area contributed by atoms with Crippen molar-refractivity contribution in [2.24, 2.45) is 0 Å². The van der Waals surface area contributed by atoms with Crippen LogP contribution in [0.1, 0.15) is 25.3 Å². The molecule has 9 nitrogen and oxygen atoms in total. The van der Waals surface area contributed by atoms with E-state index >= 15 is 0 Å². The summed E-state index contributed by atoms with van der Waals surface area (Å²) >= 11 is 0. The second-order valence-corrected chi connectivity index (χ2v) is 5.73. The molecule has 0 unspecified atom stereocenters. The minimum atomic E-state index is -0.623. The van der Waals surface area contributed by atoms with Crippen LogP contribution >= 0.6 is 0 Å². The zero-order chi connectivity index (χ0) is 19.1. The molecule has 0 bridgehead atoms. The minimum absolute atomic E-state index is 0.00169. The van der Waals surface area contributed by atoms with Crippen molar-refractivity contribution in [3.8, 4) is 12.1 Å². The highest BCUT2D eigenvalue weighted by Gasteiger charge is 2.27. The predicted molar refractivity (Wildman–Crippen MR) is 95.9 cm³/mol. The fraction of sp³-hybridized carbons (Fsp3) is 0.294. The second kappa shape index (κ2) is 8.40. The topological polar surface area (TPSA) is 132 Å². The first-order chi connectivity index (χ1) is 12.5. The fourth-order valence-electron chi connectivity index (χ4n) is 2.32. The van der Waals surface area contributed by atoms with Gasteiger partial charge in [-0.15, -0.1) is 0 Å². The van der Waals surface area contributed by atoms with Gasteiger partial charge in [-0.2, -0.15) is 10.5 Å². The highest BCUT2D eigenvalue weighted by molar-refractivity contribution is 5.74. The molecule has 0 saturated carbocycles. The number of nitro groups is 1. The third-order valence-corrected chi connectivity index (χ3v) is 3.65. The largest absolute Gasteiger partial charge is 0.353 e. The van der Waals surface area contributed by atoms with Gasteiger partial charge in [0.05, 0.1) is 17.1 Å². The van der Waals surface area contributed by atoms with E-state index in [9.17, 15) is 10.1 Å². The Morgan fingerprint density at radius 1 is 1.19 bits per heavy atom. The van der Waals surface area contributed by atoms with Crippen LogP contribution in [-0.2, 0) is 0 Å².